The van der Waals surface area contributed by atoms with Gasteiger partial charge in [0, 0.05) is 45.7 Å². The molecule has 1 aromatic heterocycles. The summed E-state index contributed by atoms with van der Waals surface area (Å²) in [6.45, 7) is 2.73. The number of hydrogen-bond donors (Lipinski definition) is 2. The van der Waals surface area contributed by atoms with Crippen molar-refractivity contribution in [3.05, 3.63) is 84.3 Å². The smallest absolute Gasteiger partial charge is 0.155 e. The van der Waals surface area contributed by atoms with Crippen molar-refractivity contribution >= 4 is 5.78 Å². The minimum Gasteiger partial charge on any atom is -0.540 e. The van der Waals surface area contributed by atoms with Gasteiger partial charge in [-0.15, -0.1) is 17.7 Å². The van der Waals surface area contributed by atoms with Crippen LogP contribution in [0.1, 0.15) is 19.4 Å². The van der Waals surface area contributed by atoms with Gasteiger partial charge in [-0.2, -0.15) is 0 Å². The molecule has 31 heavy (non-hydrogen) atoms. The van der Waals surface area contributed by atoms with Crippen molar-refractivity contribution in [2.24, 2.45) is 0 Å². The van der Waals surface area contributed by atoms with Crippen LogP contribution in [0, 0.1) is 6.07 Å². The van der Waals surface area contributed by atoms with E-state index < -0.39 is 0 Å². The van der Waals surface area contributed by atoms with E-state index in [0.29, 0.717) is 22.8 Å². The summed E-state index contributed by atoms with van der Waals surface area (Å²) < 4.78 is 11.0. The third-order valence-electron chi connectivity index (χ3n) is 3.78. The SMILES string of the molecule is CC(=O)/C=C(/C)O.COc1c[c-]c(-c2cc(Oc3ccccc3)ccn2)c(CO)c1.[Pt]. The summed E-state index contributed by atoms with van der Waals surface area (Å²) in [7, 11) is 1.58. The van der Waals surface area contributed by atoms with Crippen LogP contribution in [0.2, 0.25) is 0 Å². The largest absolute Gasteiger partial charge is 0.540 e. The Hall–Kier alpha value is -2.95. The van der Waals surface area contributed by atoms with Gasteiger partial charge in [-0.1, -0.05) is 29.8 Å². The van der Waals surface area contributed by atoms with E-state index in [1.54, 1.807) is 31.5 Å². The number of hydrogen-bond acceptors (Lipinski definition) is 6. The van der Waals surface area contributed by atoms with Gasteiger partial charge < -0.3 is 24.7 Å². The molecule has 0 unspecified atom stereocenters. The van der Waals surface area contributed by atoms with Gasteiger partial charge >= 0.3 is 0 Å². The molecule has 0 fully saturated rings. The van der Waals surface area contributed by atoms with E-state index in [1.165, 1.54) is 19.9 Å². The maximum absolute atomic E-state index is 10.0. The molecule has 3 rings (SSSR count). The first-order chi connectivity index (χ1) is 14.4. The van der Waals surface area contributed by atoms with E-state index in [1.807, 2.05) is 36.4 Å². The second-order valence-corrected chi connectivity index (χ2v) is 6.29. The van der Waals surface area contributed by atoms with Crippen LogP contribution >= 0.6 is 0 Å². The van der Waals surface area contributed by atoms with Crippen LogP contribution in [0.25, 0.3) is 11.3 Å². The third kappa shape index (κ3) is 8.75. The molecule has 0 aliphatic heterocycles. The number of nitrogens with zero attached hydrogens (tertiary/aromatic N) is 1. The van der Waals surface area contributed by atoms with Gasteiger partial charge in [-0.25, -0.2) is 0 Å². The third-order valence-corrected chi connectivity index (χ3v) is 3.78. The number of allylic oxidation sites excluding steroid dienone is 2. The van der Waals surface area contributed by atoms with E-state index >= 15 is 0 Å². The molecule has 0 aliphatic rings. The van der Waals surface area contributed by atoms with E-state index in [-0.39, 0.29) is 39.2 Å². The number of pyridine rings is 1. The average Bonchev–Trinajstić information content (AvgIpc) is 2.73. The summed E-state index contributed by atoms with van der Waals surface area (Å²) in [6.07, 6.45) is 2.84. The molecule has 0 aliphatic carbocycles. The van der Waals surface area contributed by atoms with Gasteiger partial charge in [-0.3, -0.25) is 4.79 Å². The van der Waals surface area contributed by atoms with Crippen LogP contribution in [0.5, 0.6) is 17.2 Å². The molecule has 0 bridgehead atoms. The van der Waals surface area contributed by atoms with Gasteiger partial charge in [0.2, 0.25) is 0 Å². The Morgan fingerprint density at radius 2 is 1.81 bits per heavy atom. The van der Waals surface area contributed by atoms with Gasteiger partial charge in [0.05, 0.1) is 12.9 Å². The first kappa shape index (κ1) is 26.1. The van der Waals surface area contributed by atoms with Gasteiger partial charge in [0.1, 0.15) is 11.5 Å². The predicted octanol–water partition coefficient (Wildman–Crippen LogP) is 4.88. The van der Waals surface area contributed by atoms with E-state index in [0.717, 1.165) is 11.3 Å². The fourth-order valence-electron chi connectivity index (χ4n) is 2.53. The molecule has 0 saturated heterocycles. The van der Waals surface area contributed by atoms with E-state index in [2.05, 4.69) is 11.1 Å². The van der Waals surface area contributed by atoms with Crippen molar-refractivity contribution in [2.45, 2.75) is 20.5 Å². The number of aliphatic hydroxyl groups is 2. The summed E-state index contributed by atoms with van der Waals surface area (Å²) in [5, 5.41) is 17.9. The monoisotopic (exact) mass is 601 g/mol. The Labute approximate surface area is 196 Å². The fraction of sp³-hybridized carbons (Fsp3) is 0.167. The van der Waals surface area contributed by atoms with Crippen LogP contribution in [0.15, 0.2) is 72.6 Å². The average molecular weight is 602 g/mol. The molecular formula is C24H24NO5Pt-. The first-order valence-corrected chi connectivity index (χ1v) is 9.19. The fourth-order valence-corrected chi connectivity index (χ4v) is 2.53. The zero-order valence-electron chi connectivity index (χ0n) is 17.4. The molecular weight excluding hydrogens is 577 g/mol. The van der Waals surface area contributed by atoms with Crippen LogP contribution < -0.4 is 9.47 Å². The van der Waals surface area contributed by atoms with E-state index in [9.17, 15) is 9.90 Å². The first-order valence-electron chi connectivity index (χ1n) is 9.19. The number of ketones is 1. The maximum Gasteiger partial charge on any atom is 0.155 e. The quantitative estimate of drug-likeness (QED) is 0.238. The van der Waals surface area contributed by atoms with Crippen molar-refractivity contribution in [1.29, 1.82) is 0 Å². The zero-order chi connectivity index (χ0) is 21.9. The molecule has 6 nitrogen and oxygen atoms in total. The Morgan fingerprint density at radius 1 is 1.10 bits per heavy atom. The summed E-state index contributed by atoms with van der Waals surface area (Å²) in [5.74, 6) is 2.02. The maximum atomic E-state index is 10.0. The topological polar surface area (TPSA) is 88.9 Å². The summed E-state index contributed by atoms with van der Waals surface area (Å²) in [6, 6.07) is 19.8. The van der Waals surface area contributed by atoms with Crippen molar-refractivity contribution in [2.75, 3.05) is 7.11 Å². The molecule has 2 N–H and O–H groups in total. The predicted molar refractivity (Wildman–Crippen MR) is 115 cm³/mol. The molecule has 1 heterocycles. The van der Waals surface area contributed by atoms with Crippen LogP contribution in [-0.2, 0) is 32.5 Å². The molecule has 0 amide bonds. The number of benzene rings is 2. The van der Waals surface area contributed by atoms with Crippen molar-refractivity contribution in [3.63, 3.8) is 0 Å². The molecule has 166 valence electrons. The van der Waals surface area contributed by atoms with Gasteiger partial charge in [-0.05, 0) is 43.8 Å². The number of carbonyl (C=O) groups is 1. The number of rotatable bonds is 6. The van der Waals surface area contributed by atoms with Crippen molar-refractivity contribution in [3.8, 4) is 28.5 Å². The Bertz CT molecular complexity index is 1000. The molecule has 0 spiro atoms. The Morgan fingerprint density at radius 3 is 2.35 bits per heavy atom. The molecule has 2 aromatic carbocycles. The zero-order valence-corrected chi connectivity index (χ0v) is 19.7. The summed E-state index contributed by atoms with van der Waals surface area (Å²) in [5.41, 5.74) is 2.12. The van der Waals surface area contributed by atoms with Gasteiger partial charge in [0.15, 0.2) is 5.78 Å². The Balaban J connectivity index is 0.000000523. The second kappa shape index (κ2) is 13.4. The summed E-state index contributed by atoms with van der Waals surface area (Å²) >= 11 is 0. The number of aromatic nitrogens is 1. The number of carbonyl (C=O) groups excluding carboxylic acids is 1. The number of methoxy groups -OCH3 is 1. The Kier molecular flexibility index (Phi) is 11.3. The summed E-state index contributed by atoms with van der Waals surface area (Å²) in [4.78, 5) is 14.4. The minimum atomic E-state index is -0.125. The van der Waals surface area contributed by atoms with Gasteiger partial charge in [0.25, 0.3) is 0 Å². The van der Waals surface area contributed by atoms with Crippen LogP contribution in [0.4, 0.5) is 0 Å². The standard InChI is InChI=1S/C19H16NO3.C5H8O2.Pt/c1-22-16-7-8-18(14(11-16)13-21)19-12-17(9-10-20-19)23-15-5-3-2-4-6-15;1-4(6)3-5(2)7;/h2-7,9-12,21H,13H2,1H3;3,6H,1-2H3;/q-1;;/b;4-3-;. The number of aliphatic hydroxyl groups excluding tert-OH is 2. The molecule has 0 saturated carbocycles. The van der Waals surface area contributed by atoms with Crippen molar-refractivity contribution < 1.29 is 45.5 Å². The second-order valence-electron chi connectivity index (χ2n) is 6.29. The van der Waals surface area contributed by atoms with Crippen molar-refractivity contribution in [1.82, 2.24) is 4.98 Å². The molecule has 3 aromatic rings. The van der Waals surface area contributed by atoms with Crippen LogP contribution in [-0.4, -0.2) is 28.1 Å². The normalized spacial score (nSPS) is 10.3. The molecule has 0 radical (unpaired) electrons. The number of para-hydroxylation sites is 1. The number of ether oxygens (including phenoxy) is 2. The van der Waals surface area contributed by atoms with E-state index in [4.69, 9.17) is 14.6 Å². The molecule has 0 atom stereocenters. The minimum absolute atomic E-state index is 0. The molecule has 7 heteroatoms. The van der Waals surface area contributed by atoms with Crippen LogP contribution in [0.3, 0.4) is 0 Å².